The van der Waals surface area contributed by atoms with Crippen LogP contribution < -0.4 is 15.4 Å². The molecule has 1 aromatic rings. The van der Waals surface area contributed by atoms with E-state index in [1.165, 1.54) is 0 Å². The zero-order valence-corrected chi connectivity index (χ0v) is 10.9. The number of methoxy groups -OCH3 is 1. The topological polar surface area (TPSA) is 33.3 Å². The summed E-state index contributed by atoms with van der Waals surface area (Å²) in [4.78, 5) is 0. The van der Waals surface area contributed by atoms with E-state index in [2.05, 4.69) is 32.6 Å². The van der Waals surface area contributed by atoms with Crippen LogP contribution in [-0.2, 0) is 0 Å². The molecule has 0 aliphatic heterocycles. The van der Waals surface area contributed by atoms with Crippen molar-refractivity contribution < 1.29 is 4.74 Å². The van der Waals surface area contributed by atoms with Crippen LogP contribution in [-0.4, -0.2) is 27.7 Å². The largest absolute Gasteiger partial charge is 0.496 e. The standard InChI is InChI=1S/C11H17BrN2O/c1-13-7-10(14-2)9-6-8(12)4-5-11(9)15-3/h4-6,10,13-14H,7H2,1-3H3. The summed E-state index contributed by atoms with van der Waals surface area (Å²) in [6.07, 6.45) is 0. The van der Waals surface area contributed by atoms with Gasteiger partial charge in [-0.2, -0.15) is 0 Å². The molecule has 15 heavy (non-hydrogen) atoms. The van der Waals surface area contributed by atoms with Gasteiger partial charge >= 0.3 is 0 Å². The monoisotopic (exact) mass is 272 g/mol. The highest BCUT2D eigenvalue weighted by Gasteiger charge is 2.13. The molecule has 0 amide bonds. The highest BCUT2D eigenvalue weighted by molar-refractivity contribution is 9.10. The van der Waals surface area contributed by atoms with E-state index in [1.54, 1.807) is 7.11 Å². The first-order valence-corrected chi connectivity index (χ1v) is 5.67. The van der Waals surface area contributed by atoms with E-state index >= 15 is 0 Å². The smallest absolute Gasteiger partial charge is 0.123 e. The second-order valence-electron chi connectivity index (χ2n) is 3.29. The van der Waals surface area contributed by atoms with E-state index in [9.17, 15) is 0 Å². The van der Waals surface area contributed by atoms with Crippen LogP contribution in [0.4, 0.5) is 0 Å². The van der Waals surface area contributed by atoms with Gasteiger partial charge in [0, 0.05) is 22.6 Å². The lowest BCUT2D eigenvalue weighted by atomic mass is 10.1. The predicted octanol–water partition coefficient (Wildman–Crippen LogP) is 1.94. The van der Waals surface area contributed by atoms with Gasteiger partial charge in [-0.1, -0.05) is 15.9 Å². The average Bonchev–Trinajstić information content (AvgIpc) is 2.26. The van der Waals surface area contributed by atoms with Gasteiger partial charge in [0.05, 0.1) is 7.11 Å². The minimum atomic E-state index is 0.252. The van der Waals surface area contributed by atoms with E-state index in [1.807, 2.05) is 26.2 Å². The molecule has 1 atom stereocenters. The van der Waals surface area contributed by atoms with E-state index in [0.29, 0.717) is 0 Å². The zero-order chi connectivity index (χ0) is 11.3. The number of halogens is 1. The molecule has 2 N–H and O–H groups in total. The summed E-state index contributed by atoms with van der Waals surface area (Å²) in [5.74, 6) is 0.910. The third kappa shape index (κ3) is 3.19. The van der Waals surface area contributed by atoms with E-state index < -0.39 is 0 Å². The van der Waals surface area contributed by atoms with Crippen LogP contribution in [0.3, 0.4) is 0 Å². The molecule has 1 aromatic carbocycles. The second kappa shape index (κ2) is 6.10. The van der Waals surface area contributed by atoms with Gasteiger partial charge in [-0.05, 0) is 32.3 Å². The molecule has 84 valence electrons. The lowest BCUT2D eigenvalue weighted by Crippen LogP contribution is -2.27. The van der Waals surface area contributed by atoms with Crippen LogP contribution in [0, 0.1) is 0 Å². The molecular formula is C11H17BrN2O. The number of hydrogen-bond donors (Lipinski definition) is 2. The molecule has 0 aliphatic carbocycles. The first-order chi connectivity index (χ1) is 7.22. The van der Waals surface area contributed by atoms with Gasteiger partial charge in [-0.25, -0.2) is 0 Å². The normalized spacial score (nSPS) is 12.5. The van der Waals surface area contributed by atoms with Crippen molar-refractivity contribution in [2.45, 2.75) is 6.04 Å². The Hall–Kier alpha value is -0.580. The van der Waals surface area contributed by atoms with Crippen LogP contribution in [0.2, 0.25) is 0 Å². The Bertz CT molecular complexity index is 317. The predicted molar refractivity (Wildman–Crippen MR) is 66.4 cm³/mol. The molecule has 0 fully saturated rings. The second-order valence-corrected chi connectivity index (χ2v) is 4.20. The van der Waals surface area contributed by atoms with Crippen molar-refractivity contribution in [3.05, 3.63) is 28.2 Å². The molecule has 0 aliphatic rings. The molecule has 1 unspecified atom stereocenters. The summed E-state index contributed by atoms with van der Waals surface area (Å²) in [5.41, 5.74) is 1.16. The Morgan fingerprint density at radius 3 is 2.67 bits per heavy atom. The third-order valence-electron chi connectivity index (χ3n) is 2.32. The Morgan fingerprint density at radius 1 is 1.40 bits per heavy atom. The summed E-state index contributed by atoms with van der Waals surface area (Å²) in [6.45, 7) is 0.864. The number of hydrogen-bond acceptors (Lipinski definition) is 3. The van der Waals surface area contributed by atoms with Gasteiger partial charge in [0.1, 0.15) is 5.75 Å². The van der Waals surface area contributed by atoms with E-state index in [0.717, 1.165) is 22.3 Å². The maximum Gasteiger partial charge on any atom is 0.123 e. The number of benzene rings is 1. The van der Waals surface area contributed by atoms with Gasteiger partial charge in [-0.15, -0.1) is 0 Å². The van der Waals surface area contributed by atoms with Crippen LogP contribution in [0.1, 0.15) is 11.6 Å². The SMILES string of the molecule is CNCC(NC)c1cc(Br)ccc1OC. The van der Waals surface area contributed by atoms with Gasteiger partial charge in [0.2, 0.25) is 0 Å². The summed E-state index contributed by atoms with van der Waals surface area (Å²) in [6, 6.07) is 6.29. The van der Waals surface area contributed by atoms with Crippen molar-refractivity contribution >= 4 is 15.9 Å². The lowest BCUT2D eigenvalue weighted by molar-refractivity contribution is 0.400. The quantitative estimate of drug-likeness (QED) is 0.860. The molecule has 4 heteroatoms. The lowest BCUT2D eigenvalue weighted by Gasteiger charge is -2.19. The van der Waals surface area contributed by atoms with Crippen molar-refractivity contribution in [2.24, 2.45) is 0 Å². The Balaban J connectivity index is 3.02. The minimum Gasteiger partial charge on any atom is -0.496 e. The van der Waals surface area contributed by atoms with Gasteiger partial charge in [-0.3, -0.25) is 0 Å². The number of nitrogens with one attached hydrogen (secondary N) is 2. The van der Waals surface area contributed by atoms with Crippen molar-refractivity contribution in [1.29, 1.82) is 0 Å². The maximum absolute atomic E-state index is 5.34. The van der Waals surface area contributed by atoms with Crippen molar-refractivity contribution in [1.82, 2.24) is 10.6 Å². The van der Waals surface area contributed by atoms with Crippen LogP contribution in [0.25, 0.3) is 0 Å². The maximum atomic E-state index is 5.34. The van der Waals surface area contributed by atoms with Crippen LogP contribution in [0.5, 0.6) is 5.75 Å². The first kappa shape index (κ1) is 12.5. The number of rotatable bonds is 5. The van der Waals surface area contributed by atoms with E-state index in [-0.39, 0.29) is 6.04 Å². The van der Waals surface area contributed by atoms with Crippen molar-refractivity contribution in [2.75, 3.05) is 27.7 Å². The Labute approximate surface area is 99.3 Å². The summed E-state index contributed by atoms with van der Waals surface area (Å²) < 4.78 is 6.41. The molecule has 0 spiro atoms. The fourth-order valence-corrected chi connectivity index (χ4v) is 1.93. The van der Waals surface area contributed by atoms with Gasteiger partial charge in [0.15, 0.2) is 0 Å². The van der Waals surface area contributed by atoms with Crippen LogP contribution in [0.15, 0.2) is 22.7 Å². The van der Waals surface area contributed by atoms with Crippen molar-refractivity contribution in [3.8, 4) is 5.75 Å². The fraction of sp³-hybridized carbons (Fsp3) is 0.455. The summed E-state index contributed by atoms with van der Waals surface area (Å²) in [5, 5.41) is 6.41. The highest BCUT2D eigenvalue weighted by atomic mass is 79.9. The Morgan fingerprint density at radius 2 is 2.13 bits per heavy atom. The zero-order valence-electron chi connectivity index (χ0n) is 9.30. The van der Waals surface area contributed by atoms with Crippen molar-refractivity contribution in [3.63, 3.8) is 0 Å². The molecular weight excluding hydrogens is 256 g/mol. The molecule has 0 saturated carbocycles. The number of likely N-dealkylation sites (N-methyl/N-ethyl adjacent to an activating group) is 2. The molecule has 0 saturated heterocycles. The van der Waals surface area contributed by atoms with E-state index in [4.69, 9.17) is 4.74 Å². The fourth-order valence-electron chi connectivity index (χ4n) is 1.55. The first-order valence-electron chi connectivity index (χ1n) is 4.88. The highest BCUT2D eigenvalue weighted by Crippen LogP contribution is 2.27. The summed E-state index contributed by atoms with van der Waals surface area (Å²) >= 11 is 3.47. The minimum absolute atomic E-state index is 0.252. The molecule has 3 nitrogen and oxygen atoms in total. The summed E-state index contributed by atoms with van der Waals surface area (Å²) in [7, 11) is 5.58. The Kier molecular flexibility index (Phi) is 5.08. The molecule has 0 aromatic heterocycles. The van der Waals surface area contributed by atoms with Gasteiger partial charge < -0.3 is 15.4 Å². The number of ether oxygens (including phenoxy) is 1. The molecule has 0 heterocycles. The van der Waals surface area contributed by atoms with Gasteiger partial charge in [0.25, 0.3) is 0 Å². The molecule has 0 bridgehead atoms. The van der Waals surface area contributed by atoms with Crippen LogP contribution >= 0.6 is 15.9 Å². The third-order valence-corrected chi connectivity index (χ3v) is 2.82. The molecule has 0 radical (unpaired) electrons. The molecule has 1 rings (SSSR count). The average molecular weight is 273 g/mol.